The number of rotatable bonds is 19. The van der Waals surface area contributed by atoms with Crippen LogP contribution < -0.4 is 26.4 Å². The lowest BCUT2D eigenvalue weighted by Gasteiger charge is -2.32. The summed E-state index contributed by atoms with van der Waals surface area (Å²) in [4.78, 5) is 81.5. The SMILES string of the molecule is COc1ccc(C(=O)N[C@H](CC2CCCCC2)C(=O)N2C[C@@H](n3nncc3C(C)(C)O)C[C@H]2C(=O)NC(CCCCNC(=O)OCc2ccccc2)C(=O)C(N)=O)cc1. The van der Waals surface area contributed by atoms with Gasteiger partial charge in [-0.3, -0.25) is 24.0 Å². The highest BCUT2D eigenvalue weighted by molar-refractivity contribution is 6.37. The van der Waals surface area contributed by atoms with E-state index in [0.717, 1.165) is 37.7 Å². The summed E-state index contributed by atoms with van der Waals surface area (Å²) in [5.74, 6) is -3.18. The van der Waals surface area contributed by atoms with Gasteiger partial charge in [-0.1, -0.05) is 67.6 Å². The highest BCUT2D eigenvalue weighted by atomic mass is 16.5. The number of ketones is 1. The largest absolute Gasteiger partial charge is 0.497 e. The molecule has 2 aromatic carbocycles. The zero-order chi connectivity index (χ0) is 42.5. The number of aromatic nitrogens is 3. The molecule has 59 heavy (non-hydrogen) atoms. The number of carbonyl (C=O) groups excluding carboxylic acids is 6. The van der Waals surface area contributed by atoms with E-state index in [9.17, 15) is 33.9 Å². The fourth-order valence-electron chi connectivity index (χ4n) is 7.74. The molecule has 1 unspecified atom stereocenters. The van der Waals surface area contributed by atoms with E-state index in [2.05, 4.69) is 26.3 Å². The molecule has 1 aromatic heterocycles. The fourth-order valence-corrected chi connectivity index (χ4v) is 7.74. The van der Waals surface area contributed by atoms with Crippen molar-refractivity contribution in [3.63, 3.8) is 0 Å². The van der Waals surface area contributed by atoms with Crippen molar-refractivity contribution in [2.24, 2.45) is 11.7 Å². The van der Waals surface area contributed by atoms with Gasteiger partial charge in [0.1, 0.15) is 30.0 Å². The second-order valence-electron chi connectivity index (χ2n) is 15.8. The van der Waals surface area contributed by atoms with Gasteiger partial charge in [0.25, 0.3) is 11.8 Å². The fraction of sp³-hybridized carbons (Fsp3) is 0.524. The third-order valence-corrected chi connectivity index (χ3v) is 10.9. The van der Waals surface area contributed by atoms with Crippen LogP contribution in [0, 0.1) is 5.92 Å². The van der Waals surface area contributed by atoms with Crippen molar-refractivity contribution >= 4 is 35.5 Å². The first-order valence-electron chi connectivity index (χ1n) is 20.2. The van der Waals surface area contributed by atoms with Gasteiger partial charge in [-0.25, -0.2) is 9.48 Å². The first-order valence-corrected chi connectivity index (χ1v) is 20.2. The van der Waals surface area contributed by atoms with E-state index >= 15 is 0 Å². The number of nitrogens with one attached hydrogen (secondary N) is 3. The van der Waals surface area contributed by atoms with Crippen LogP contribution in [-0.4, -0.2) is 98.8 Å². The molecule has 0 bridgehead atoms. The number of methoxy groups -OCH3 is 1. The quantitative estimate of drug-likeness (QED) is 0.0871. The molecule has 1 saturated carbocycles. The Morgan fingerprint density at radius 2 is 1.66 bits per heavy atom. The van der Waals surface area contributed by atoms with Crippen LogP contribution in [0.25, 0.3) is 0 Å². The number of hydrogen-bond acceptors (Lipinski definition) is 11. The van der Waals surface area contributed by atoms with Gasteiger partial charge in [0.2, 0.25) is 17.6 Å². The van der Waals surface area contributed by atoms with Crippen LogP contribution >= 0.6 is 0 Å². The van der Waals surface area contributed by atoms with Crippen LogP contribution in [0.5, 0.6) is 5.75 Å². The number of unbranched alkanes of at least 4 members (excludes halogenated alkanes) is 1. The van der Waals surface area contributed by atoms with Crippen molar-refractivity contribution < 1.29 is 43.3 Å². The molecule has 0 radical (unpaired) electrons. The number of nitrogens with zero attached hydrogens (tertiary/aromatic N) is 4. The lowest BCUT2D eigenvalue weighted by molar-refractivity contribution is -0.142. The van der Waals surface area contributed by atoms with Crippen LogP contribution in [0.4, 0.5) is 4.79 Å². The monoisotopic (exact) mass is 816 g/mol. The van der Waals surface area contributed by atoms with Crippen LogP contribution in [0.2, 0.25) is 0 Å². The molecular formula is C42H56N8O9. The summed E-state index contributed by atoms with van der Waals surface area (Å²) < 4.78 is 12.0. The van der Waals surface area contributed by atoms with E-state index in [0.29, 0.717) is 36.3 Å². The van der Waals surface area contributed by atoms with Crippen molar-refractivity contribution in [3.8, 4) is 5.75 Å². The Morgan fingerprint density at radius 1 is 0.949 bits per heavy atom. The number of carbonyl (C=O) groups is 6. The third-order valence-electron chi connectivity index (χ3n) is 10.9. The molecule has 2 heterocycles. The average molecular weight is 817 g/mol. The van der Waals surface area contributed by atoms with E-state index in [-0.39, 0.29) is 38.5 Å². The maximum Gasteiger partial charge on any atom is 0.407 e. The number of amides is 5. The maximum atomic E-state index is 14.8. The summed E-state index contributed by atoms with van der Waals surface area (Å²) in [5.41, 5.74) is 5.57. The number of primary amides is 1. The van der Waals surface area contributed by atoms with Gasteiger partial charge in [0, 0.05) is 25.1 Å². The zero-order valence-corrected chi connectivity index (χ0v) is 33.9. The summed E-state index contributed by atoms with van der Waals surface area (Å²) in [6, 6.07) is 11.6. The number of benzene rings is 2. The van der Waals surface area contributed by atoms with Gasteiger partial charge in [0.05, 0.1) is 31.1 Å². The lowest BCUT2D eigenvalue weighted by Crippen LogP contribution is -2.56. The molecule has 2 aliphatic rings. The number of nitrogens with two attached hydrogens (primary N) is 1. The summed E-state index contributed by atoms with van der Waals surface area (Å²) in [5, 5.41) is 27.4. The molecule has 4 atom stereocenters. The number of Topliss-reactive ketones (excluding diaryl/α,β-unsaturated/α-hetero) is 1. The summed E-state index contributed by atoms with van der Waals surface area (Å²) in [6.45, 7) is 3.42. The number of likely N-dealkylation sites (tertiary alicyclic amines) is 1. The van der Waals surface area contributed by atoms with E-state index in [1.165, 1.54) is 22.9 Å². The lowest BCUT2D eigenvalue weighted by atomic mass is 9.84. The molecule has 1 aliphatic heterocycles. The molecule has 1 saturated heterocycles. The molecule has 6 N–H and O–H groups in total. The van der Waals surface area contributed by atoms with Gasteiger partial charge >= 0.3 is 6.09 Å². The van der Waals surface area contributed by atoms with Gasteiger partial charge in [-0.2, -0.15) is 0 Å². The minimum Gasteiger partial charge on any atom is -0.497 e. The van der Waals surface area contributed by atoms with Crippen molar-refractivity contribution in [1.29, 1.82) is 0 Å². The Hall–Kier alpha value is -5.84. The van der Waals surface area contributed by atoms with Gasteiger partial charge < -0.3 is 41.2 Å². The second kappa shape index (κ2) is 20.7. The molecule has 3 aromatic rings. The van der Waals surface area contributed by atoms with Crippen LogP contribution in [0.15, 0.2) is 60.8 Å². The first-order chi connectivity index (χ1) is 28.2. The maximum absolute atomic E-state index is 14.8. The number of alkyl carbamates (subject to hydrolysis) is 1. The summed E-state index contributed by atoms with van der Waals surface area (Å²) in [6.07, 6.45) is 6.79. The van der Waals surface area contributed by atoms with Crippen molar-refractivity contribution in [2.45, 2.75) is 114 Å². The second-order valence-corrected chi connectivity index (χ2v) is 15.8. The highest BCUT2D eigenvalue weighted by Gasteiger charge is 2.45. The van der Waals surface area contributed by atoms with Crippen molar-refractivity contribution in [3.05, 3.63) is 77.6 Å². The minimum atomic E-state index is -1.36. The van der Waals surface area contributed by atoms with E-state index in [1.807, 2.05) is 30.3 Å². The van der Waals surface area contributed by atoms with Gasteiger partial charge in [-0.15, -0.1) is 5.10 Å². The Labute approximate surface area is 343 Å². The van der Waals surface area contributed by atoms with Gasteiger partial charge in [0.15, 0.2) is 0 Å². The Balaban J connectivity index is 1.33. The van der Waals surface area contributed by atoms with Crippen molar-refractivity contribution in [1.82, 2.24) is 35.8 Å². The zero-order valence-electron chi connectivity index (χ0n) is 33.9. The van der Waals surface area contributed by atoms with Crippen LogP contribution in [-0.2, 0) is 36.1 Å². The molecule has 17 heteroatoms. The number of aliphatic hydroxyl groups is 1. The molecule has 318 valence electrons. The molecule has 5 rings (SSSR count). The van der Waals surface area contributed by atoms with E-state index in [4.69, 9.17) is 15.2 Å². The van der Waals surface area contributed by atoms with Crippen LogP contribution in [0.1, 0.15) is 106 Å². The molecule has 1 aliphatic carbocycles. The minimum absolute atomic E-state index is 0.0203. The Morgan fingerprint density at radius 3 is 2.32 bits per heavy atom. The summed E-state index contributed by atoms with van der Waals surface area (Å²) in [7, 11) is 1.52. The number of ether oxygens (including phenoxy) is 2. The van der Waals surface area contributed by atoms with Crippen LogP contribution in [0.3, 0.4) is 0 Å². The predicted octanol–water partition coefficient (Wildman–Crippen LogP) is 3.06. The smallest absolute Gasteiger partial charge is 0.407 e. The topological polar surface area (TPSA) is 237 Å². The average Bonchev–Trinajstić information content (AvgIpc) is 3.91. The molecule has 5 amide bonds. The predicted molar refractivity (Wildman–Crippen MR) is 214 cm³/mol. The van der Waals surface area contributed by atoms with Gasteiger partial charge in [-0.05, 0) is 75.3 Å². The molecule has 2 fully saturated rings. The summed E-state index contributed by atoms with van der Waals surface area (Å²) >= 11 is 0. The first kappa shape index (κ1) is 44.3. The van der Waals surface area contributed by atoms with E-state index in [1.54, 1.807) is 38.1 Å². The third kappa shape index (κ3) is 12.3. The molecule has 17 nitrogen and oxygen atoms in total. The Kier molecular flexibility index (Phi) is 15.6. The van der Waals surface area contributed by atoms with E-state index < -0.39 is 65.3 Å². The molecule has 0 spiro atoms. The number of hydrogen-bond donors (Lipinski definition) is 5. The normalized spacial score (nSPS) is 18.0. The standard InChI is InChI=1S/C42H56N8O9/c1-42(2,57)35-24-45-48-50(35)30-23-34(39(54)46-32(36(51)37(43)52)16-10-11-21-44-41(56)59-26-28-14-8-5-9-15-28)49(25-30)40(55)33(22-27-12-6-4-7-13-27)47-38(53)29-17-19-31(58-3)20-18-29/h5,8-9,14-15,17-20,24,27,30,32-34,57H,4,6-7,10-13,16,21-23,25-26H2,1-3H3,(H2,43,52)(H,44,56)(H,46,54)(H,47,53)/t30-,32?,33+,34-/m0/s1. The molecular weight excluding hydrogens is 761 g/mol. The highest BCUT2D eigenvalue weighted by Crippen LogP contribution is 2.33. The Bertz CT molecular complexity index is 1910. The van der Waals surface area contributed by atoms with Crippen molar-refractivity contribution in [2.75, 3.05) is 20.2 Å².